The zero-order valence-electron chi connectivity index (χ0n) is 12.9. The number of hydrogen-bond donors (Lipinski definition) is 2. The van der Waals surface area contributed by atoms with Crippen molar-refractivity contribution in [2.75, 3.05) is 6.54 Å². The van der Waals surface area contributed by atoms with Crippen LogP contribution in [0, 0.1) is 0 Å². The van der Waals surface area contributed by atoms with E-state index in [0.29, 0.717) is 6.42 Å². The fourth-order valence-electron chi connectivity index (χ4n) is 3.12. The van der Waals surface area contributed by atoms with Gasteiger partial charge in [-0.1, -0.05) is 6.07 Å². The first-order valence-corrected chi connectivity index (χ1v) is 7.80. The normalized spacial score (nSPS) is 22.0. The highest BCUT2D eigenvalue weighted by Crippen LogP contribution is 2.34. The number of hydrogen-bond acceptors (Lipinski definition) is 4. The highest BCUT2D eigenvalue weighted by Gasteiger charge is 2.34. The van der Waals surface area contributed by atoms with Gasteiger partial charge in [0.1, 0.15) is 0 Å². The molecule has 130 valence electrons. The van der Waals surface area contributed by atoms with Gasteiger partial charge < -0.3 is 15.0 Å². The monoisotopic (exact) mass is 341 g/mol. The topological polar surface area (TPSA) is 67.2 Å². The SMILES string of the molecule is O=C(C[C@H]1NCCC[C@@H]1O)Cn1cnc2cccc(C(F)(F)F)c21. The third kappa shape index (κ3) is 3.44. The second kappa shape index (κ2) is 6.52. The highest BCUT2D eigenvalue weighted by atomic mass is 19.4. The van der Waals surface area contributed by atoms with E-state index in [9.17, 15) is 23.1 Å². The Hall–Kier alpha value is -1.93. The quantitative estimate of drug-likeness (QED) is 0.894. The fourth-order valence-corrected chi connectivity index (χ4v) is 3.12. The molecule has 0 amide bonds. The molecule has 1 saturated heterocycles. The number of Topliss-reactive ketones (excluding diaryl/α,β-unsaturated/α-hetero) is 1. The summed E-state index contributed by atoms with van der Waals surface area (Å²) in [5.41, 5.74) is -0.690. The Morgan fingerprint density at radius 1 is 1.42 bits per heavy atom. The largest absolute Gasteiger partial charge is 0.418 e. The van der Waals surface area contributed by atoms with Crippen LogP contribution in [-0.2, 0) is 17.5 Å². The minimum absolute atomic E-state index is 0.0784. The number of rotatable bonds is 4. The first kappa shape index (κ1) is 16.9. The molecular formula is C16H18F3N3O2. The number of halogens is 3. The minimum atomic E-state index is -4.51. The number of benzene rings is 1. The molecule has 5 nitrogen and oxygen atoms in total. The van der Waals surface area contributed by atoms with Crippen molar-refractivity contribution in [3.63, 3.8) is 0 Å². The summed E-state index contributed by atoms with van der Waals surface area (Å²) in [4.78, 5) is 16.2. The number of aliphatic hydroxyl groups excluding tert-OH is 1. The van der Waals surface area contributed by atoms with E-state index in [-0.39, 0.29) is 35.8 Å². The van der Waals surface area contributed by atoms with Crippen molar-refractivity contribution in [3.8, 4) is 0 Å². The molecule has 2 heterocycles. The molecule has 0 unspecified atom stereocenters. The average molecular weight is 341 g/mol. The number of imidazole rings is 1. The zero-order chi connectivity index (χ0) is 17.3. The van der Waals surface area contributed by atoms with Crippen LogP contribution in [0.5, 0.6) is 0 Å². The molecule has 0 spiro atoms. The Bertz CT molecular complexity index is 742. The summed E-state index contributed by atoms with van der Waals surface area (Å²) in [5, 5.41) is 13.0. The van der Waals surface area contributed by atoms with Crippen LogP contribution in [0.2, 0.25) is 0 Å². The molecule has 2 N–H and O–H groups in total. The number of aliphatic hydroxyl groups is 1. The smallest absolute Gasteiger partial charge is 0.391 e. The van der Waals surface area contributed by atoms with E-state index >= 15 is 0 Å². The number of nitrogens with one attached hydrogen (secondary N) is 1. The maximum absolute atomic E-state index is 13.2. The number of ketones is 1. The number of piperidine rings is 1. The first-order valence-electron chi connectivity index (χ1n) is 7.80. The van der Waals surface area contributed by atoms with Crippen LogP contribution in [0.4, 0.5) is 13.2 Å². The van der Waals surface area contributed by atoms with Gasteiger partial charge in [-0.15, -0.1) is 0 Å². The van der Waals surface area contributed by atoms with Crippen molar-refractivity contribution >= 4 is 16.8 Å². The molecule has 0 saturated carbocycles. The lowest BCUT2D eigenvalue weighted by Gasteiger charge is -2.28. The molecular weight excluding hydrogens is 323 g/mol. The summed E-state index contributed by atoms with van der Waals surface area (Å²) >= 11 is 0. The molecule has 2 atom stereocenters. The van der Waals surface area contributed by atoms with Gasteiger partial charge in [-0.05, 0) is 31.5 Å². The minimum Gasteiger partial charge on any atom is -0.391 e. The van der Waals surface area contributed by atoms with Gasteiger partial charge >= 0.3 is 6.18 Å². The van der Waals surface area contributed by atoms with Crippen LogP contribution in [0.1, 0.15) is 24.8 Å². The molecule has 1 aliphatic rings. The lowest BCUT2D eigenvalue weighted by atomic mass is 9.97. The standard InChI is InChI=1S/C16H18F3N3O2/c17-16(18,19)11-3-1-4-12-15(11)22(9-21-12)8-10(23)7-13-14(24)5-2-6-20-13/h1,3-4,9,13-14,20,24H,2,5-8H2/t13-,14+/m1/s1. The van der Waals surface area contributed by atoms with E-state index < -0.39 is 17.8 Å². The summed E-state index contributed by atoms with van der Waals surface area (Å²) in [5.74, 6) is -0.246. The van der Waals surface area contributed by atoms with E-state index in [4.69, 9.17) is 0 Å². The third-order valence-electron chi connectivity index (χ3n) is 4.29. The lowest BCUT2D eigenvalue weighted by molar-refractivity contribution is -0.136. The first-order chi connectivity index (χ1) is 11.4. The van der Waals surface area contributed by atoms with Crippen molar-refractivity contribution in [1.82, 2.24) is 14.9 Å². The van der Waals surface area contributed by atoms with E-state index in [1.807, 2.05) is 0 Å². The molecule has 0 radical (unpaired) electrons. The Kier molecular flexibility index (Phi) is 4.60. The molecule has 8 heteroatoms. The summed E-state index contributed by atoms with van der Waals surface area (Å²) in [7, 11) is 0. The van der Waals surface area contributed by atoms with Crippen LogP contribution in [0.25, 0.3) is 11.0 Å². The van der Waals surface area contributed by atoms with Gasteiger partial charge in [-0.3, -0.25) is 4.79 Å². The number of para-hydroxylation sites is 1. The number of aromatic nitrogens is 2. The molecule has 1 aromatic heterocycles. The number of carbonyl (C=O) groups is 1. The van der Waals surface area contributed by atoms with Gasteiger partial charge in [-0.25, -0.2) is 4.98 Å². The molecule has 1 fully saturated rings. The summed E-state index contributed by atoms with van der Waals surface area (Å²) in [6.45, 7) is 0.524. The maximum Gasteiger partial charge on any atom is 0.418 e. The molecule has 0 bridgehead atoms. The molecule has 0 aliphatic carbocycles. The fraction of sp³-hybridized carbons (Fsp3) is 0.500. The second-order valence-electron chi connectivity index (χ2n) is 6.06. The van der Waals surface area contributed by atoms with Crippen molar-refractivity contribution < 1.29 is 23.1 Å². The average Bonchev–Trinajstić information content (AvgIpc) is 2.92. The van der Waals surface area contributed by atoms with Gasteiger partial charge in [0.25, 0.3) is 0 Å². The van der Waals surface area contributed by atoms with Gasteiger partial charge in [-0.2, -0.15) is 13.2 Å². The Labute approximate surface area is 136 Å². The highest BCUT2D eigenvalue weighted by molar-refractivity contribution is 5.84. The van der Waals surface area contributed by atoms with Crippen molar-refractivity contribution in [3.05, 3.63) is 30.1 Å². The van der Waals surface area contributed by atoms with E-state index in [1.54, 1.807) is 0 Å². The van der Waals surface area contributed by atoms with Crippen LogP contribution < -0.4 is 5.32 Å². The number of carbonyl (C=O) groups excluding carboxylic acids is 1. The van der Waals surface area contributed by atoms with Gasteiger partial charge in [0, 0.05) is 12.5 Å². The Morgan fingerprint density at radius 2 is 2.21 bits per heavy atom. The molecule has 24 heavy (non-hydrogen) atoms. The molecule has 3 rings (SSSR count). The predicted molar refractivity (Wildman–Crippen MR) is 81.4 cm³/mol. The van der Waals surface area contributed by atoms with Crippen LogP contribution in [0.15, 0.2) is 24.5 Å². The second-order valence-corrected chi connectivity index (χ2v) is 6.06. The third-order valence-corrected chi connectivity index (χ3v) is 4.29. The summed E-state index contributed by atoms with van der Waals surface area (Å²) in [6.07, 6.45) is -2.32. The molecule has 1 aliphatic heterocycles. The molecule has 1 aromatic carbocycles. The number of fused-ring (bicyclic) bond motifs is 1. The Morgan fingerprint density at radius 3 is 2.92 bits per heavy atom. The van der Waals surface area contributed by atoms with Gasteiger partial charge in [0.2, 0.25) is 0 Å². The van der Waals surface area contributed by atoms with E-state index in [2.05, 4.69) is 10.3 Å². The zero-order valence-corrected chi connectivity index (χ0v) is 12.9. The van der Waals surface area contributed by atoms with Crippen molar-refractivity contribution in [2.45, 2.75) is 44.1 Å². The summed E-state index contributed by atoms with van der Waals surface area (Å²) in [6, 6.07) is 3.42. The number of nitrogens with zero attached hydrogens (tertiary/aromatic N) is 2. The van der Waals surface area contributed by atoms with E-state index in [1.165, 1.54) is 23.0 Å². The van der Waals surface area contributed by atoms with Crippen LogP contribution >= 0.6 is 0 Å². The number of alkyl halides is 3. The van der Waals surface area contributed by atoms with Crippen LogP contribution in [-0.4, -0.2) is 39.1 Å². The molecule has 2 aromatic rings. The van der Waals surface area contributed by atoms with Gasteiger partial charge in [0.05, 0.1) is 35.6 Å². The summed E-state index contributed by atoms with van der Waals surface area (Å²) < 4.78 is 40.7. The van der Waals surface area contributed by atoms with Crippen molar-refractivity contribution in [2.24, 2.45) is 0 Å². The van der Waals surface area contributed by atoms with Gasteiger partial charge in [0.15, 0.2) is 5.78 Å². The lowest BCUT2D eigenvalue weighted by Crippen LogP contribution is -2.46. The Balaban J connectivity index is 1.81. The predicted octanol–water partition coefficient (Wildman–Crippen LogP) is 2.13. The maximum atomic E-state index is 13.2. The van der Waals surface area contributed by atoms with Crippen molar-refractivity contribution in [1.29, 1.82) is 0 Å². The van der Waals surface area contributed by atoms with Crippen LogP contribution in [0.3, 0.4) is 0 Å². The van der Waals surface area contributed by atoms with E-state index in [0.717, 1.165) is 19.0 Å².